The van der Waals surface area contributed by atoms with Crippen molar-refractivity contribution in [2.24, 2.45) is 0 Å². The molecular formula is C20H19N7O. The van der Waals surface area contributed by atoms with Crippen LogP contribution >= 0.6 is 0 Å². The number of amides is 1. The van der Waals surface area contributed by atoms with Gasteiger partial charge in [0.1, 0.15) is 0 Å². The first-order valence-corrected chi connectivity index (χ1v) is 9.43. The van der Waals surface area contributed by atoms with E-state index in [1.54, 1.807) is 4.52 Å². The van der Waals surface area contributed by atoms with Gasteiger partial charge in [-0.2, -0.15) is 4.52 Å². The lowest BCUT2D eigenvalue weighted by atomic mass is 10.1. The molecule has 8 nitrogen and oxygen atoms in total. The van der Waals surface area contributed by atoms with Gasteiger partial charge in [0.05, 0.1) is 11.0 Å². The second-order valence-electron chi connectivity index (χ2n) is 7.02. The highest BCUT2D eigenvalue weighted by atomic mass is 16.1. The van der Waals surface area contributed by atoms with Crippen molar-refractivity contribution in [3.8, 4) is 0 Å². The van der Waals surface area contributed by atoms with Crippen molar-refractivity contribution in [2.45, 2.75) is 31.7 Å². The largest absolute Gasteiger partial charge is 0.349 e. The van der Waals surface area contributed by atoms with Gasteiger partial charge in [0, 0.05) is 17.3 Å². The summed E-state index contributed by atoms with van der Waals surface area (Å²) in [6.45, 7) is 0. The molecule has 1 aliphatic carbocycles. The van der Waals surface area contributed by atoms with Gasteiger partial charge in [-0.1, -0.05) is 31.0 Å². The Morgan fingerprint density at radius 3 is 2.82 bits per heavy atom. The van der Waals surface area contributed by atoms with Gasteiger partial charge in [-0.15, -0.1) is 5.10 Å². The first kappa shape index (κ1) is 16.6. The number of aromatic nitrogens is 5. The molecule has 2 heterocycles. The Labute approximate surface area is 161 Å². The van der Waals surface area contributed by atoms with E-state index < -0.39 is 0 Å². The van der Waals surface area contributed by atoms with Crippen molar-refractivity contribution in [1.29, 1.82) is 0 Å². The number of benzene rings is 2. The van der Waals surface area contributed by atoms with Gasteiger partial charge in [0.2, 0.25) is 5.65 Å². The molecule has 2 N–H and O–H groups in total. The number of tetrazole rings is 1. The lowest BCUT2D eigenvalue weighted by molar-refractivity contribution is 0.0938. The predicted octanol–water partition coefficient (Wildman–Crippen LogP) is 3.09. The molecular weight excluding hydrogens is 354 g/mol. The van der Waals surface area contributed by atoms with Crippen molar-refractivity contribution in [2.75, 3.05) is 5.32 Å². The summed E-state index contributed by atoms with van der Waals surface area (Å²) < 4.78 is 1.65. The molecule has 4 aromatic rings. The molecule has 5 rings (SSSR count). The van der Waals surface area contributed by atoms with Crippen molar-refractivity contribution in [3.63, 3.8) is 0 Å². The molecule has 0 bridgehead atoms. The zero-order valence-electron chi connectivity index (χ0n) is 15.2. The molecule has 2 aromatic heterocycles. The van der Waals surface area contributed by atoms with Crippen LogP contribution < -0.4 is 10.6 Å². The number of nitrogens with zero attached hydrogens (tertiary/aromatic N) is 5. The third-order valence-electron chi connectivity index (χ3n) is 5.10. The molecule has 0 aliphatic heterocycles. The normalized spacial score (nSPS) is 14.6. The van der Waals surface area contributed by atoms with E-state index in [1.165, 1.54) is 12.8 Å². The van der Waals surface area contributed by atoms with Crippen molar-refractivity contribution < 1.29 is 4.79 Å². The maximum Gasteiger partial charge on any atom is 0.251 e. The molecule has 1 saturated carbocycles. The van der Waals surface area contributed by atoms with Gasteiger partial charge in [-0.25, -0.2) is 4.98 Å². The number of fused-ring (bicyclic) bond motifs is 3. The van der Waals surface area contributed by atoms with Gasteiger partial charge in [-0.3, -0.25) is 4.79 Å². The summed E-state index contributed by atoms with van der Waals surface area (Å²) in [7, 11) is 0. The monoisotopic (exact) mass is 373 g/mol. The number of hydrogen-bond acceptors (Lipinski definition) is 6. The summed E-state index contributed by atoms with van der Waals surface area (Å²) in [5.41, 5.74) is 3.51. The second kappa shape index (κ2) is 6.88. The van der Waals surface area contributed by atoms with Crippen LogP contribution in [0.25, 0.3) is 16.7 Å². The van der Waals surface area contributed by atoms with Crippen LogP contribution in [0.15, 0.2) is 48.5 Å². The minimum absolute atomic E-state index is 0.0451. The van der Waals surface area contributed by atoms with Gasteiger partial charge in [0.25, 0.3) is 5.91 Å². The molecule has 1 aliphatic rings. The molecule has 8 heteroatoms. The molecule has 1 fully saturated rings. The Morgan fingerprint density at radius 2 is 1.93 bits per heavy atom. The third-order valence-corrected chi connectivity index (χ3v) is 5.10. The Kier molecular flexibility index (Phi) is 4.08. The zero-order chi connectivity index (χ0) is 18.9. The number of carbonyl (C=O) groups is 1. The molecule has 2 aromatic carbocycles. The highest BCUT2D eigenvalue weighted by Crippen LogP contribution is 2.23. The van der Waals surface area contributed by atoms with E-state index >= 15 is 0 Å². The van der Waals surface area contributed by atoms with Crippen LogP contribution in [-0.4, -0.2) is 37.0 Å². The summed E-state index contributed by atoms with van der Waals surface area (Å²) in [6.07, 6.45) is 4.48. The number of hydrogen-bond donors (Lipinski definition) is 2. The lowest BCUT2D eigenvalue weighted by Crippen LogP contribution is -2.32. The fourth-order valence-corrected chi connectivity index (χ4v) is 3.70. The van der Waals surface area contributed by atoms with Gasteiger partial charge < -0.3 is 10.6 Å². The smallest absolute Gasteiger partial charge is 0.251 e. The van der Waals surface area contributed by atoms with Crippen LogP contribution in [0.1, 0.15) is 36.0 Å². The van der Waals surface area contributed by atoms with Crippen molar-refractivity contribution in [3.05, 3.63) is 54.1 Å². The first-order chi connectivity index (χ1) is 13.8. The van der Waals surface area contributed by atoms with E-state index in [2.05, 4.69) is 31.1 Å². The van der Waals surface area contributed by atoms with Crippen molar-refractivity contribution >= 4 is 34.1 Å². The molecule has 1 amide bonds. The first-order valence-electron chi connectivity index (χ1n) is 9.43. The summed E-state index contributed by atoms with van der Waals surface area (Å²) in [5, 5.41) is 18.3. The lowest BCUT2D eigenvalue weighted by Gasteiger charge is -2.13. The molecule has 0 radical (unpaired) electrons. The van der Waals surface area contributed by atoms with Crippen LogP contribution in [0.5, 0.6) is 0 Å². The minimum atomic E-state index is -0.0451. The van der Waals surface area contributed by atoms with Gasteiger partial charge in [0.15, 0.2) is 5.82 Å². The number of rotatable bonds is 4. The second-order valence-corrected chi connectivity index (χ2v) is 7.02. The molecule has 0 unspecified atom stereocenters. The SMILES string of the molecule is O=C(NC1CCCC1)c1cccc(Nc2nc3ccccc3n3nnnc23)c1. The van der Waals surface area contributed by atoms with E-state index in [1.807, 2.05) is 48.5 Å². The average molecular weight is 373 g/mol. The topological polar surface area (TPSA) is 97.1 Å². The molecule has 140 valence electrons. The summed E-state index contributed by atoms with van der Waals surface area (Å²) in [5.74, 6) is 0.494. The fourth-order valence-electron chi connectivity index (χ4n) is 3.70. The number of para-hydroxylation sites is 2. The molecule has 0 atom stereocenters. The summed E-state index contributed by atoms with van der Waals surface area (Å²) in [6, 6.07) is 15.3. The van der Waals surface area contributed by atoms with E-state index in [-0.39, 0.29) is 11.9 Å². The summed E-state index contributed by atoms with van der Waals surface area (Å²) >= 11 is 0. The number of anilines is 2. The van der Waals surface area contributed by atoms with E-state index in [0.717, 1.165) is 29.6 Å². The highest BCUT2D eigenvalue weighted by molar-refractivity contribution is 5.95. The van der Waals surface area contributed by atoms with Gasteiger partial charge in [-0.05, 0) is 53.6 Å². The highest BCUT2D eigenvalue weighted by Gasteiger charge is 2.18. The van der Waals surface area contributed by atoms with E-state index in [0.29, 0.717) is 17.0 Å². The quantitative estimate of drug-likeness (QED) is 0.571. The van der Waals surface area contributed by atoms with Crippen LogP contribution in [0.3, 0.4) is 0 Å². The fraction of sp³-hybridized carbons (Fsp3) is 0.250. The Bertz CT molecular complexity index is 1160. The average Bonchev–Trinajstić information content (AvgIpc) is 3.40. The minimum Gasteiger partial charge on any atom is -0.349 e. The Balaban J connectivity index is 1.46. The van der Waals surface area contributed by atoms with Crippen LogP contribution in [0.2, 0.25) is 0 Å². The van der Waals surface area contributed by atoms with Crippen LogP contribution in [0, 0.1) is 0 Å². The number of carbonyl (C=O) groups excluding carboxylic acids is 1. The molecule has 28 heavy (non-hydrogen) atoms. The predicted molar refractivity (Wildman–Crippen MR) is 106 cm³/mol. The van der Waals surface area contributed by atoms with Crippen LogP contribution in [-0.2, 0) is 0 Å². The Hall–Kier alpha value is -3.55. The van der Waals surface area contributed by atoms with Gasteiger partial charge >= 0.3 is 0 Å². The maximum absolute atomic E-state index is 12.6. The summed E-state index contributed by atoms with van der Waals surface area (Å²) in [4.78, 5) is 17.2. The maximum atomic E-state index is 12.6. The third kappa shape index (κ3) is 3.02. The van der Waals surface area contributed by atoms with Crippen LogP contribution in [0.4, 0.5) is 11.5 Å². The zero-order valence-corrected chi connectivity index (χ0v) is 15.2. The van der Waals surface area contributed by atoms with E-state index in [9.17, 15) is 4.79 Å². The Morgan fingerprint density at radius 1 is 1.07 bits per heavy atom. The standard InChI is InChI=1S/C20H19N7O/c28-20(22-14-7-1-2-8-14)13-6-5-9-15(12-13)21-18-19-24-25-26-27(19)17-11-4-3-10-16(17)23-18/h3-6,9-12,14H,1-2,7-8H2,(H,21,23)(H,22,28). The number of nitrogens with one attached hydrogen (secondary N) is 2. The molecule has 0 saturated heterocycles. The van der Waals surface area contributed by atoms with E-state index in [4.69, 9.17) is 0 Å². The molecule has 0 spiro atoms. The van der Waals surface area contributed by atoms with Crippen molar-refractivity contribution in [1.82, 2.24) is 30.3 Å².